The van der Waals surface area contributed by atoms with E-state index in [4.69, 9.17) is 5.10 Å². The van der Waals surface area contributed by atoms with Crippen molar-refractivity contribution in [2.75, 3.05) is 0 Å². The van der Waals surface area contributed by atoms with Gasteiger partial charge in [0.15, 0.2) is 5.16 Å². The summed E-state index contributed by atoms with van der Waals surface area (Å²) in [5, 5.41) is 13.0. The molecule has 0 N–H and O–H groups in total. The van der Waals surface area contributed by atoms with Gasteiger partial charge in [0.05, 0.1) is 0 Å². The molecule has 0 atom stereocenters. The Morgan fingerprint density at radius 3 is 2.43 bits per heavy atom. The third-order valence-corrected chi connectivity index (χ3v) is 7.13. The highest BCUT2D eigenvalue weighted by Gasteiger charge is 2.23. The summed E-state index contributed by atoms with van der Waals surface area (Å²) in [7, 11) is 0. The third kappa shape index (κ3) is 4.15. The van der Waals surface area contributed by atoms with Gasteiger partial charge in [-0.25, -0.2) is 0 Å². The highest BCUT2D eigenvalue weighted by atomic mass is 32.2. The number of fused-ring (bicyclic) bond motifs is 1. The first-order chi connectivity index (χ1) is 14.9. The second kappa shape index (κ2) is 9.05. The van der Waals surface area contributed by atoms with Crippen LogP contribution in [0, 0.1) is 0 Å². The molecule has 0 saturated heterocycles. The molecule has 1 heterocycles. The molecule has 1 saturated carbocycles. The maximum Gasteiger partial charge on any atom is 0.191 e. The van der Waals surface area contributed by atoms with E-state index in [1.807, 2.05) is 11.8 Å². The predicted molar refractivity (Wildman–Crippen MR) is 125 cm³/mol. The van der Waals surface area contributed by atoms with E-state index in [-0.39, 0.29) is 0 Å². The Morgan fingerprint density at radius 1 is 0.800 bits per heavy atom. The van der Waals surface area contributed by atoms with Crippen LogP contribution in [0.1, 0.15) is 55.1 Å². The Bertz CT molecular complexity index is 1110. The number of hydrogen-bond acceptors (Lipinski definition) is 3. The zero-order valence-electron chi connectivity index (χ0n) is 17.2. The predicted octanol–water partition coefficient (Wildman–Crippen LogP) is 6.82. The molecule has 5 rings (SSSR count). The van der Waals surface area contributed by atoms with E-state index in [1.54, 1.807) is 0 Å². The fourth-order valence-corrected chi connectivity index (χ4v) is 5.55. The van der Waals surface area contributed by atoms with Crippen molar-refractivity contribution >= 4 is 22.5 Å². The first-order valence-electron chi connectivity index (χ1n) is 11.0. The van der Waals surface area contributed by atoms with E-state index in [0.29, 0.717) is 6.04 Å². The zero-order chi connectivity index (χ0) is 20.2. The monoisotopic (exact) mass is 413 g/mol. The van der Waals surface area contributed by atoms with Gasteiger partial charge in [-0.1, -0.05) is 104 Å². The Balaban J connectivity index is 1.47. The summed E-state index contributed by atoms with van der Waals surface area (Å²) in [5.74, 6) is 2.04. The molecule has 152 valence electrons. The molecule has 1 aliphatic rings. The first-order valence-corrected chi connectivity index (χ1v) is 11.9. The summed E-state index contributed by atoms with van der Waals surface area (Å²) in [6.45, 7) is 0. The zero-order valence-corrected chi connectivity index (χ0v) is 18.0. The van der Waals surface area contributed by atoms with Crippen LogP contribution in [0.3, 0.4) is 0 Å². The van der Waals surface area contributed by atoms with Crippen molar-refractivity contribution in [1.82, 2.24) is 14.8 Å². The van der Waals surface area contributed by atoms with E-state index in [0.717, 1.165) is 23.2 Å². The maximum absolute atomic E-state index is 4.70. The molecule has 0 bridgehead atoms. The summed E-state index contributed by atoms with van der Waals surface area (Å²) in [6.07, 6.45) is 7.26. The van der Waals surface area contributed by atoms with Crippen LogP contribution in [-0.2, 0) is 12.2 Å². The van der Waals surface area contributed by atoms with Crippen molar-refractivity contribution in [2.24, 2.45) is 0 Å². The fourth-order valence-electron chi connectivity index (χ4n) is 4.57. The minimum absolute atomic E-state index is 0.525. The summed E-state index contributed by atoms with van der Waals surface area (Å²) < 4.78 is 2.47. The van der Waals surface area contributed by atoms with Crippen LogP contribution >= 0.6 is 11.8 Å². The molecule has 3 aromatic carbocycles. The van der Waals surface area contributed by atoms with Crippen LogP contribution in [-0.4, -0.2) is 14.8 Å². The molecule has 1 fully saturated rings. The second-order valence-corrected chi connectivity index (χ2v) is 9.09. The van der Waals surface area contributed by atoms with Gasteiger partial charge in [0, 0.05) is 18.2 Å². The van der Waals surface area contributed by atoms with Crippen molar-refractivity contribution in [3.63, 3.8) is 0 Å². The number of benzene rings is 3. The van der Waals surface area contributed by atoms with Gasteiger partial charge >= 0.3 is 0 Å². The first kappa shape index (κ1) is 19.4. The van der Waals surface area contributed by atoms with E-state index in [2.05, 4.69) is 82.5 Å². The summed E-state index contributed by atoms with van der Waals surface area (Å²) >= 11 is 1.82. The molecule has 1 aromatic heterocycles. The van der Waals surface area contributed by atoms with E-state index in [1.165, 1.54) is 54.0 Å². The van der Waals surface area contributed by atoms with Gasteiger partial charge in [-0.15, -0.1) is 10.2 Å². The van der Waals surface area contributed by atoms with Crippen LogP contribution in [0.4, 0.5) is 0 Å². The lowest BCUT2D eigenvalue weighted by atomic mass is 9.95. The standard InChI is InChI=1S/C26H27N3S/c1-3-10-20(11-4-1)19-30-26-28-27-25(29(26)23-15-5-2-6-16-23)18-22-14-9-13-21-12-7-8-17-24(21)22/h1,3-4,7-14,17,23H,2,5-6,15-16,18-19H2. The molecule has 1 aliphatic carbocycles. The number of nitrogens with zero attached hydrogens (tertiary/aromatic N) is 3. The average Bonchev–Trinajstić information content (AvgIpc) is 3.21. The lowest BCUT2D eigenvalue weighted by Crippen LogP contribution is -2.17. The quantitative estimate of drug-likeness (QED) is 0.325. The van der Waals surface area contributed by atoms with E-state index in [9.17, 15) is 0 Å². The van der Waals surface area contributed by atoms with Crippen LogP contribution in [0.25, 0.3) is 10.8 Å². The van der Waals surface area contributed by atoms with Crippen molar-refractivity contribution in [3.05, 3.63) is 89.7 Å². The molecule has 4 heteroatoms. The van der Waals surface area contributed by atoms with Gasteiger partial charge in [-0.05, 0) is 34.7 Å². The molecule has 4 aromatic rings. The minimum Gasteiger partial charge on any atom is -0.303 e. The van der Waals surface area contributed by atoms with Crippen LogP contribution in [0.5, 0.6) is 0 Å². The molecule has 0 spiro atoms. The molecule has 0 aliphatic heterocycles. The number of rotatable bonds is 6. The van der Waals surface area contributed by atoms with E-state index >= 15 is 0 Å². The Kier molecular flexibility index (Phi) is 5.85. The fraction of sp³-hybridized carbons (Fsp3) is 0.308. The molecular formula is C26H27N3S. The van der Waals surface area contributed by atoms with E-state index < -0.39 is 0 Å². The second-order valence-electron chi connectivity index (χ2n) is 8.15. The molecule has 30 heavy (non-hydrogen) atoms. The summed E-state index contributed by atoms with van der Waals surface area (Å²) in [4.78, 5) is 0. The SMILES string of the molecule is c1ccc(CSc2nnc(Cc3cccc4ccccc34)n2C2CCCCC2)cc1. The number of aromatic nitrogens is 3. The van der Waals surface area contributed by atoms with Crippen molar-refractivity contribution < 1.29 is 0 Å². The van der Waals surface area contributed by atoms with Gasteiger partial charge in [-0.3, -0.25) is 0 Å². The highest BCUT2D eigenvalue weighted by Crippen LogP contribution is 2.34. The average molecular weight is 414 g/mol. The van der Waals surface area contributed by atoms with Crippen LogP contribution < -0.4 is 0 Å². The lowest BCUT2D eigenvalue weighted by Gasteiger charge is -2.25. The van der Waals surface area contributed by atoms with Gasteiger partial charge < -0.3 is 4.57 Å². The smallest absolute Gasteiger partial charge is 0.191 e. The minimum atomic E-state index is 0.525. The maximum atomic E-state index is 4.70. The van der Waals surface area contributed by atoms with Gasteiger partial charge in [0.2, 0.25) is 0 Å². The Hall–Kier alpha value is -2.59. The molecule has 0 radical (unpaired) electrons. The summed E-state index contributed by atoms with van der Waals surface area (Å²) in [5.41, 5.74) is 2.66. The van der Waals surface area contributed by atoms with Gasteiger partial charge in [-0.2, -0.15) is 0 Å². The molecule has 0 amide bonds. The van der Waals surface area contributed by atoms with Gasteiger partial charge in [0.1, 0.15) is 5.82 Å². The normalized spacial score (nSPS) is 14.9. The van der Waals surface area contributed by atoms with Crippen molar-refractivity contribution in [2.45, 2.75) is 55.5 Å². The largest absolute Gasteiger partial charge is 0.303 e. The third-order valence-electron chi connectivity index (χ3n) is 6.11. The van der Waals surface area contributed by atoms with Crippen LogP contribution in [0.2, 0.25) is 0 Å². The number of hydrogen-bond donors (Lipinski definition) is 0. The lowest BCUT2D eigenvalue weighted by molar-refractivity contribution is 0.330. The molecular weight excluding hydrogens is 386 g/mol. The van der Waals surface area contributed by atoms with Gasteiger partial charge in [0.25, 0.3) is 0 Å². The molecule has 3 nitrogen and oxygen atoms in total. The van der Waals surface area contributed by atoms with Crippen molar-refractivity contribution in [3.8, 4) is 0 Å². The Labute approximate surface area is 182 Å². The number of thioether (sulfide) groups is 1. The molecule has 0 unspecified atom stereocenters. The van der Waals surface area contributed by atoms with Crippen LogP contribution in [0.15, 0.2) is 78.0 Å². The van der Waals surface area contributed by atoms with Crippen molar-refractivity contribution in [1.29, 1.82) is 0 Å². The highest BCUT2D eigenvalue weighted by molar-refractivity contribution is 7.98. The Morgan fingerprint density at radius 2 is 1.57 bits per heavy atom. The summed E-state index contributed by atoms with van der Waals surface area (Å²) in [6, 6.07) is 26.4. The topological polar surface area (TPSA) is 30.7 Å².